The Labute approximate surface area is 98.7 Å². The molecular formula is C12H13NO4. The third kappa shape index (κ3) is 1.84. The average Bonchev–Trinajstić information content (AvgIpc) is 2.28. The van der Waals surface area contributed by atoms with Crippen molar-refractivity contribution in [3.05, 3.63) is 23.8 Å². The van der Waals surface area contributed by atoms with Gasteiger partial charge in [-0.3, -0.25) is 4.79 Å². The van der Waals surface area contributed by atoms with E-state index >= 15 is 0 Å². The lowest BCUT2D eigenvalue weighted by molar-refractivity contribution is -0.129. The number of hydrogen-bond donors (Lipinski definition) is 1. The summed E-state index contributed by atoms with van der Waals surface area (Å²) in [6.45, 7) is 3.33. The first kappa shape index (κ1) is 11.4. The lowest BCUT2D eigenvalue weighted by atomic mass is 10.0. The second-order valence-electron chi connectivity index (χ2n) is 4.24. The second-order valence-corrected chi connectivity index (χ2v) is 4.24. The molecule has 0 aromatic heterocycles. The molecule has 1 heterocycles. The molecule has 5 heteroatoms. The van der Waals surface area contributed by atoms with Gasteiger partial charge in [0.1, 0.15) is 5.75 Å². The topological polar surface area (TPSA) is 64.6 Å². The van der Waals surface area contributed by atoms with Crippen molar-refractivity contribution in [2.45, 2.75) is 19.4 Å². The highest BCUT2D eigenvalue weighted by molar-refractivity contribution is 6.06. The molecule has 1 aromatic rings. The Bertz CT molecular complexity index is 493. The number of benzene rings is 1. The van der Waals surface area contributed by atoms with E-state index in [4.69, 9.17) is 4.74 Å². The zero-order chi connectivity index (χ0) is 12.6. The summed E-state index contributed by atoms with van der Waals surface area (Å²) in [6, 6.07) is 4.95. The minimum Gasteiger partial charge on any atom is -0.476 e. The molecule has 1 N–H and O–H groups in total. The van der Waals surface area contributed by atoms with Gasteiger partial charge in [-0.25, -0.2) is 4.79 Å². The third-order valence-corrected chi connectivity index (χ3v) is 2.58. The number of fused-ring (bicyclic) bond motifs is 1. The summed E-state index contributed by atoms with van der Waals surface area (Å²) in [5.41, 5.74) is -0.292. The Kier molecular flexibility index (Phi) is 2.53. The van der Waals surface area contributed by atoms with Gasteiger partial charge in [0, 0.05) is 0 Å². The molecule has 0 fully saturated rings. The molecule has 0 atom stereocenters. The molecule has 0 bridgehead atoms. The van der Waals surface area contributed by atoms with Gasteiger partial charge in [0.05, 0.1) is 18.4 Å². The Hall–Kier alpha value is -2.04. The molecule has 5 nitrogen and oxygen atoms in total. The van der Waals surface area contributed by atoms with Crippen molar-refractivity contribution in [2.24, 2.45) is 0 Å². The van der Waals surface area contributed by atoms with Crippen molar-refractivity contribution < 1.29 is 19.1 Å². The van der Waals surface area contributed by atoms with Crippen LogP contribution in [-0.2, 0) is 9.53 Å². The standard InChI is InChI=1S/C12H13NO4/c1-12(2)11(15)13-9-7(10(14)16-3)5-4-6-8(9)17-12/h4-6H,1-3H3,(H,13,15). The van der Waals surface area contributed by atoms with E-state index in [1.54, 1.807) is 32.0 Å². The molecule has 1 aliphatic heterocycles. The van der Waals surface area contributed by atoms with Gasteiger partial charge in [0.25, 0.3) is 5.91 Å². The van der Waals surface area contributed by atoms with Crippen LogP contribution >= 0.6 is 0 Å². The summed E-state index contributed by atoms with van der Waals surface area (Å²) in [6.07, 6.45) is 0. The fourth-order valence-corrected chi connectivity index (χ4v) is 1.61. The Morgan fingerprint density at radius 1 is 1.41 bits per heavy atom. The number of anilines is 1. The molecule has 1 aromatic carbocycles. The molecule has 1 aliphatic rings. The van der Waals surface area contributed by atoms with Crippen LogP contribution in [0.4, 0.5) is 5.69 Å². The summed E-state index contributed by atoms with van der Waals surface area (Å²) in [5.74, 6) is -0.329. The van der Waals surface area contributed by atoms with Crippen LogP contribution in [0.5, 0.6) is 5.75 Å². The van der Waals surface area contributed by atoms with E-state index in [1.165, 1.54) is 7.11 Å². The molecule has 0 saturated carbocycles. The Morgan fingerprint density at radius 2 is 2.12 bits per heavy atom. The minimum atomic E-state index is -0.943. The van der Waals surface area contributed by atoms with E-state index in [0.717, 1.165) is 0 Å². The number of carbonyl (C=O) groups excluding carboxylic acids is 2. The highest BCUT2D eigenvalue weighted by Crippen LogP contribution is 2.36. The van der Waals surface area contributed by atoms with E-state index in [0.29, 0.717) is 11.4 Å². The van der Waals surface area contributed by atoms with Crippen LogP contribution in [0.15, 0.2) is 18.2 Å². The zero-order valence-electron chi connectivity index (χ0n) is 9.87. The lowest BCUT2D eigenvalue weighted by Gasteiger charge is -2.32. The van der Waals surface area contributed by atoms with E-state index < -0.39 is 11.6 Å². The zero-order valence-corrected chi connectivity index (χ0v) is 9.87. The summed E-state index contributed by atoms with van der Waals surface area (Å²) in [4.78, 5) is 23.3. The third-order valence-electron chi connectivity index (χ3n) is 2.58. The molecular weight excluding hydrogens is 222 g/mol. The predicted octanol–water partition coefficient (Wildman–Crippen LogP) is 1.58. The van der Waals surface area contributed by atoms with Gasteiger partial charge < -0.3 is 14.8 Å². The molecule has 17 heavy (non-hydrogen) atoms. The second kappa shape index (κ2) is 3.76. The van der Waals surface area contributed by atoms with Gasteiger partial charge in [-0.1, -0.05) is 6.07 Å². The molecule has 90 valence electrons. The Balaban J connectivity index is 2.51. The van der Waals surface area contributed by atoms with Crippen molar-refractivity contribution in [1.29, 1.82) is 0 Å². The number of rotatable bonds is 1. The molecule has 0 aliphatic carbocycles. The van der Waals surface area contributed by atoms with E-state index in [-0.39, 0.29) is 11.5 Å². The van der Waals surface area contributed by atoms with Crippen molar-refractivity contribution >= 4 is 17.6 Å². The van der Waals surface area contributed by atoms with E-state index in [2.05, 4.69) is 10.1 Å². The highest BCUT2D eigenvalue weighted by atomic mass is 16.5. The first-order valence-corrected chi connectivity index (χ1v) is 5.17. The van der Waals surface area contributed by atoms with Gasteiger partial charge in [0.15, 0.2) is 5.60 Å². The quantitative estimate of drug-likeness (QED) is 0.750. The largest absolute Gasteiger partial charge is 0.476 e. The minimum absolute atomic E-state index is 0.286. The van der Waals surface area contributed by atoms with Gasteiger partial charge in [-0.15, -0.1) is 0 Å². The van der Waals surface area contributed by atoms with Gasteiger partial charge >= 0.3 is 5.97 Å². The highest BCUT2D eigenvalue weighted by Gasteiger charge is 2.37. The van der Waals surface area contributed by atoms with Crippen molar-refractivity contribution in [2.75, 3.05) is 12.4 Å². The van der Waals surface area contributed by atoms with Crippen LogP contribution in [0, 0.1) is 0 Å². The fourth-order valence-electron chi connectivity index (χ4n) is 1.61. The van der Waals surface area contributed by atoms with Crippen LogP contribution in [-0.4, -0.2) is 24.6 Å². The molecule has 1 amide bonds. The maximum Gasteiger partial charge on any atom is 0.340 e. The summed E-state index contributed by atoms with van der Waals surface area (Å²) < 4.78 is 10.2. The van der Waals surface area contributed by atoms with Gasteiger partial charge in [-0.05, 0) is 26.0 Å². The van der Waals surface area contributed by atoms with Crippen molar-refractivity contribution in [1.82, 2.24) is 0 Å². The summed E-state index contributed by atoms with van der Waals surface area (Å²) in [7, 11) is 1.29. The van der Waals surface area contributed by atoms with E-state index in [1.807, 2.05) is 0 Å². The molecule has 0 spiro atoms. The van der Waals surface area contributed by atoms with Crippen molar-refractivity contribution in [3.8, 4) is 5.75 Å². The van der Waals surface area contributed by atoms with Crippen LogP contribution in [0.25, 0.3) is 0 Å². The monoisotopic (exact) mass is 235 g/mol. The maximum atomic E-state index is 11.8. The molecule has 0 saturated heterocycles. The average molecular weight is 235 g/mol. The number of para-hydroxylation sites is 1. The number of amides is 1. The van der Waals surface area contributed by atoms with E-state index in [9.17, 15) is 9.59 Å². The number of hydrogen-bond acceptors (Lipinski definition) is 4. The smallest absolute Gasteiger partial charge is 0.340 e. The van der Waals surface area contributed by atoms with Crippen molar-refractivity contribution in [3.63, 3.8) is 0 Å². The van der Waals surface area contributed by atoms with Crippen LogP contribution in [0.1, 0.15) is 24.2 Å². The number of esters is 1. The normalized spacial score (nSPS) is 16.5. The Morgan fingerprint density at radius 3 is 2.76 bits per heavy atom. The van der Waals surface area contributed by atoms with Crippen LogP contribution in [0.2, 0.25) is 0 Å². The summed E-state index contributed by atoms with van der Waals surface area (Å²) in [5, 5.41) is 2.67. The number of methoxy groups -OCH3 is 1. The van der Waals surface area contributed by atoms with Gasteiger partial charge in [0.2, 0.25) is 0 Å². The SMILES string of the molecule is COC(=O)c1cccc2c1NC(=O)C(C)(C)O2. The lowest BCUT2D eigenvalue weighted by Crippen LogP contribution is -2.46. The first-order chi connectivity index (χ1) is 7.95. The fraction of sp³-hybridized carbons (Fsp3) is 0.333. The molecule has 2 rings (SSSR count). The molecule has 0 radical (unpaired) electrons. The maximum absolute atomic E-state index is 11.8. The number of nitrogens with one attached hydrogen (secondary N) is 1. The predicted molar refractivity (Wildman–Crippen MR) is 61.1 cm³/mol. The van der Waals surface area contributed by atoms with Crippen LogP contribution in [0.3, 0.4) is 0 Å². The first-order valence-electron chi connectivity index (χ1n) is 5.17. The van der Waals surface area contributed by atoms with Gasteiger partial charge in [-0.2, -0.15) is 0 Å². The number of carbonyl (C=O) groups is 2. The molecule has 0 unspecified atom stereocenters. The van der Waals surface area contributed by atoms with Crippen LogP contribution < -0.4 is 10.1 Å². The summed E-state index contributed by atoms with van der Waals surface area (Å²) >= 11 is 0. The number of ether oxygens (including phenoxy) is 2.